The molecule has 1 atom stereocenters. The molecule has 2 rings (SSSR count). The van der Waals surface area contributed by atoms with Gasteiger partial charge in [0.15, 0.2) is 0 Å². The summed E-state index contributed by atoms with van der Waals surface area (Å²) in [7, 11) is 0. The van der Waals surface area contributed by atoms with Crippen LogP contribution in [0.5, 0.6) is 5.75 Å². The van der Waals surface area contributed by atoms with Gasteiger partial charge in [0.25, 0.3) is 0 Å². The number of aromatic hydroxyl groups is 1. The average molecular weight is 300 g/mol. The number of hydrogen-bond acceptors (Lipinski definition) is 2. The first kappa shape index (κ1) is 16.7. The van der Waals surface area contributed by atoms with Crippen LogP contribution in [0.1, 0.15) is 58.1 Å². The van der Waals surface area contributed by atoms with Crippen LogP contribution in [0.25, 0.3) is 0 Å². The molecule has 0 radical (unpaired) electrons. The fraction of sp³-hybridized carbons (Fsp3) is 0.500. The number of phenolic OH excluding ortho intramolecular Hbond substituents is 1. The predicted octanol–water partition coefficient (Wildman–Crippen LogP) is 5.63. The number of aliphatic hydroxyl groups excluding tert-OH is 1. The first-order valence-electron chi connectivity index (χ1n) is 8.04. The summed E-state index contributed by atoms with van der Waals surface area (Å²) < 4.78 is 0. The molecule has 0 aliphatic heterocycles. The molecule has 1 unspecified atom stereocenters. The van der Waals surface area contributed by atoms with Crippen LogP contribution in [0.3, 0.4) is 0 Å². The summed E-state index contributed by atoms with van der Waals surface area (Å²) in [6, 6.07) is 5.88. The highest BCUT2D eigenvalue weighted by molar-refractivity contribution is 5.48. The van der Waals surface area contributed by atoms with Gasteiger partial charge in [-0.05, 0) is 48.3 Å². The van der Waals surface area contributed by atoms with E-state index in [0.717, 1.165) is 28.7 Å². The molecule has 0 bridgehead atoms. The number of aliphatic hydroxyl groups is 1. The minimum atomic E-state index is 0.0260. The van der Waals surface area contributed by atoms with Crippen molar-refractivity contribution in [1.82, 2.24) is 0 Å². The third-order valence-electron chi connectivity index (χ3n) is 4.58. The second-order valence-corrected chi connectivity index (χ2v) is 7.60. The second kappa shape index (κ2) is 5.83. The summed E-state index contributed by atoms with van der Waals surface area (Å²) >= 11 is 0. The van der Waals surface area contributed by atoms with Gasteiger partial charge in [0.2, 0.25) is 0 Å². The van der Waals surface area contributed by atoms with Crippen molar-refractivity contribution < 1.29 is 10.2 Å². The van der Waals surface area contributed by atoms with E-state index < -0.39 is 0 Å². The lowest BCUT2D eigenvalue weighted by Gasteiger charge is -2.35. The monoisotopic (exact) mass is 300 g/mol. The van der Waals surface area contributed by atoms with Gasteiger partial charge in [-0.2, -0.15) is 0 Å². The third-order valence-corrected chi connectivity index (χ3v) is 4.58. The van der Waals surface area contributed by atoms with Gasteiger partial charge in [-0.3, -0.25) is 0 Å². The van der Waals surface area contributed by atoms with Gasteiger partial charge in [-0.1, -0.05) is 52.0 Å². The zero-order valence-electron chi connectivity index (χ0n) is 14.6. The van der Waals surface area contributed by atoms with E-state index in [1.807, 2.05) is 32.0 Å². The Morgan fingerprint density at radius 3 is 2.32 bits per heavy atom. The summed E-state index contributed by atoms with van der Waals surface area (Å²) in [5, 5.41) is 21.2. The Morgan fingerprint density at radius 2 is 1.73 bits per heavy atom. The van der Waals surface area contributed by atoms with Gasteiger partial charge in [-0.15, -0.1) is 0 Å². The molecule has 0 saturated carbocycles. The van der Waals surface area contributed by atoms with Gasteiger partial charge < -0.3 is 10.2 Å². The number of benzene rings is 1. The Kier molecular flexibility index (Phi) is 4.42. The van der Waals surface area contributed by atoms with Crippen LogP contribution in [0.2, 0.25) is 0 Å². The first-order valence-corrected chi connectivity index (χ1v) is 8.04. The van der Waals surface area contributed by atoms with E-state index in [9.17, 15) is 10.2 Å². The lowest BCUT2D eigenvalue weighted by molar-refractivity contribution is 0.348. The van der Waals surface area contributed by atoms with Crippen LogP contribution in [0.4, 0.5) is 0 Å². The Balaban J connectivity index is 2.61. The molecule has 1 aliphatic rings. The van der Waals surface area contributed by atoms with E-state index >= 15 is 0 Å². The van der Waals surface area contributed by atoms with Gasteiger partial charge in [-0.25, -0.2) is 0 Å². The van der Waals surface area contributed by atoms with E-state index in [0.29, 0.717) is 17.4 Å². The molecule has 0 fully saturated rings. The molecule has 1 aromatic carbocycles. The van der Waals surface area contributed by atoms with Crippen LogP contribution in [-0.4, -0.2) is 10.2 Å². The fourth-order valence-electron chi connectivity index (χ4n) is 3.67. The van der Waals surface area contributed by atoms with E-state index in [1.165, 1.54) is 0 Å². The highest BCUT2D eigenvalue weighted by atomic mass is 16.3. The molecular weight excluding hydrogens is 272 g/mol. The molecule has 1 aromatic rings. The van der Waals surface area contributed by atoms with Crippen molar-refractivity contribution in [3.05, 3.63) is 52.3 Å². The molecule has 0 amide bonds. The molecule has 22 heavy (non-hydrogen) atoms. The van der Waals surface area contributed by atoms with Crippen molar-refractivity contribution in [3.8, 4) is 5.75 Å². The van der Waals surface area contributed by atoms with E-state index in [2.05, 4.69) is 33.8 Å². The lowest BCUT2D eigenvalue weighted by Crippen LogP contribution is -2.22. The summed E-state index contributed by atoms with van der Waals surface area (Å²) in [6.45, 7) is 12.6. The summed E-state index contributed by atoms with van der Waals surface area (Å²) in [6.07, 6.45) is 2.95. The molecule has 0 saturated heterocycles. The van der Waals surface area contributed by atoms with Gasteiger partial charge >= 0.3 is 0 Å². The molecule has 120 valence electrons. The lowest BCUT2D eigenvalue weighted by atomic mass is 9.70. The van der Waals surface area contributed by atoms with Crippen molar-refractivity contribution in [2.24, 2.45) is 11.3 Å². The average Bonchev–Trinajstić information content (AvgIpc) is 2.39. The van der Waals surface area contributed by atoms with Crippen LogP contribution >= 0.6 is 0 Å². The summed E-state index contributed by atoms with van der Waals surface area (Å²) in [5.74, 6) is 1.08. The fourth-order valence-corrected chi connectivity index (χ4v) is 3.67. The number of hydrogen-bond donors (Lipinski definition) is 2. The van der Waals surface area contributed by atoms with E-state index in [-0.39, 0.29) is 11.3 Å². The SMILES string of the molecule is CC1=CC(C)(C)CC(C(c2cccc(C)c2O)C(C)C)=C1O. The zero-order valence-corrected chi connectivity index (χ0v) is 14.6. The Labute approximate surface area is 134 Å². The normalized spacial score (nSPS) is 19.3. The number of para-hydroxylation sites is 1. The Bertz CT molecular complexity index is 633. The topological polar surface area (TPSA) is 40.5 Å². The minimum Gasteiger partial charge on any atom is -0.508 e. The Hall–Kier alpha value is -1.70. The molecule has 0 aromatic heterocycles. The molecule has 0 heterocycles. The maximum atomic E-state index is 10.6. The van der Waals surface area contributed by atoms with Crippen molar-refractivity contribution >= 4 is 0 Å². The van der Waals surface area contributed by atoms with Crippen molar-refractivity contribution in [1.29, 1.82) is 0 Å². The van der Waals surface area contributed by atoms with Crippen molar-refractivity contribution in [2.75, 3.05) is 0 Å². The van der Waals surface area contributed by atoms with Crippen LogP contribution in [-0.2, 0) is 0 Å². The number of rotatable bonds is 3. The van der Waals surface area contributed by atoms with Crippen LogP contribution < -0.4 is 0 Å². The van der Waals surface area contributed by atoms with E-state index in [1.54, 1.807) is 0 Å². The standard InChI is InChI=1S/C20H28O2/c1-12(2)17(15-9-7-8-13(3)18(15)21)16-11-20(5,6)10-14(4)19(16)22/h7-10,12,17,21-22H,11H2,1-6H3. The second-order valence-electron chi connectivity index (χ2n) is 7.60. The largest absolute Gasteiger partial charge is 0.508 e. The molecule has 2 nitrogen and oxygen atoms in total. The molecule has 1 aliphatic carbocycles. The molecule has 2 heteroatoms. The smallest absolute Gasteiger partial charge is 0.122 e. The van der Waals surface area contributed by atoms with E-state index in [4.69, 9.17) is 0 Å². The summed E-state index contributed by atoms with van der Waals surface area (Å²) in [4.78, 5) is 0. The van der Waals surface area contributed by atoms with Gasteiger partial charge in [0, 0.05) is 11.5 Å². The van der Waals surface area contributed by atoms with Gasteiger partial charge in [0.05, 0.1) is 0 Å². The number of aryl methyl sites for hydroxylation is 1. The quantitative estimate of drug-likeness (QED) is 0.759. The predicted molar refractivity (Wildman–Crippen MR) is 92.2 cm³/mol. The number of phenols is 1. The summed E-state index contributed by atoms with van der Waals surface area (Å²) in [5.41, 5.74) is 3.80. The maximum Gasteiger partial charge on any atom is 0.122 e. The maximum absolute atomic E-state index is 10.6. The number of allylic oxidation sites excluding steroid dienone is 3. The molecule has 0 spiro atoms. The zero-order chi connectivity index (χ0) is 16.7. The third kappa shape index (κ3) is 3.06. The van der Waals surface area contributed by atoms with Gasteiger partial charge in [0.1, 0.15) is 11.5 Å². The molecule has 2 N–H and O–H groups in total. The van der Waals surface area contributed by atoms with Crippen molar-refractivity contribution in [3.63, 3.8) is 0 Å². The first-order chi connectivity index (χ1) is 10.1. The minimum absolute atomic E-state index is 0.0260. The highest BCUT2D eigenvalue weighted by Gasteiger charge is 2.33. The molecular formula is C20H28O2. The Morgan fingerprint density at radius 1 is 1.09 bits per heavy atom. The highest BCUT2D eigenvalue weighted by Crippen LogP contribution is 2.47. The van der Waals surface area contributed by atoms with Crippen LogP contribution in [0.15, 0.2) is 41.2 Å². The van der Waals surface area contributed by atoms with Crippen molar-refractivity contribution in [2.45, 2.75) is 53.9 Å². The van der Waals surface area contributed by atoms with Crippen LogP contribution in [0, 0.1) is 18.3 Å².